The molecule has 3 aromatic rings. The molecule has 7 heteroatoms. The van der Waals surface area contributed by atoms with Crippen LogP contribution in [0.15, 0.2) is 83.8 Å². The van der Waals surface area contributed by atoms with Gasteiger partial charge < -0.3 is 4.90 Å². The van der Waals surface area contributed by atoms with Crippen LogP contribution in [-0.4, -0.2) is 31.7 Å². The van der Waals surface area contributed by atoms with Gasteiger partial charge in [-0.2, -0.15) is 9.57 Å². The van der Waals surface area contributed by atoms with Crippen molar-refractivity contribution < 1.29 is 13.2 Å². The number of hydrogen-bond donors (Lipinski definition) is 0. The van der Waals surface area contributed by atoms with Gasteiger partial charge in [-0.05, 0) is 49.6 Å². The molecule has 0 bridgehead atoms. The molecule has 174 valence electrons. The minimum atomic E-state index is -3.79. The number of anilines is 1. The van der Waals surface area contributed by atoms with Gasteiger partial charge in [0.25, 0.3) is 0 Å². The third-order valence-corrected chi connectivity index (χ3v) is 8.18. The Labute approximate surface area is 201 Å². The average molecular weight is 474 g/mol. The molecule has 3 aromatic carbocycles. The number of carbonyl (C=O) groups excluding carboxylic acids is 1. The Balaban J connectivity index is 1.52. The standard InChI is InChI=1S/C27H27N3O3S/c1-21-11-13-25(14-12-21)30(20-22-7-3-2-4-8-22)27(31)23-15-17-29(18-16-23)34(32,33)26-10-6-5-9-24(26)19-28/h2-14,23H,15-18,20H2,1H3. The Kier molecular flexibility index (Phi) is 7.11. The van der Waals surface area contributed by atoms with Crippen LogP contribution in [0.3, 0.4) is 0 Å². The number of aryl methyl sites for hydroxylation is 1. The normalized spacial score (nSPS) is 14.9. The van der Waals surface area contributed by atoms with Crippen molar-refractivity contribution in [3.05, 3.63) is 95.6 Å². The molecule has 6 nitrogen and oxygen atoms in total. The lowest BCUT2D eigenvalue weighted by Crippen LogP contribution is -2.44. The highest BCUT2D eigenvalue weighted by atomic mass is 32.2. The first kappa shape index (κ1) is 23.7. The molecule has 0 radical (unpaired) electrons. The molecule has 0 aliphatic carbocycles. The Morgan fingerprint density at radius 2 is 1.59 bits per heavy atom. The lowest BCUT2D eigenvalue weighted by Gasteiger charge is -2.34. The largest absolute Gasteiger partial charge is 0.308 e. The first-order chi connectivity index (χ1) is 16.4. The molecule has 4 rings (SSSR count). The second-order valence-electron chi connectivity index (χ2n) is 8.53. The number of benzene rings is 3. The molecule has 34 heavy (non-hydrogen) atoms. The van der Waals surface area contributed by atoms with E-state index in [-0.39, 0.29) is 35.4 Å². The van der Waals surface area contributed by atoms with E-state index in [1.54, 1.807) is 17.0 Å². The maximum absolute atomic E-state index is 13.6. The third kappa shape index (κ3) is 5.04. The monoisotopic (exact) mass is 473 g/mol. The number of rotatable bonds is 6. The predicted octanol–water partition coefficient (Wildman–Crippen LogP) is 4.50. The van der Waals surface area contributed by atoms with Crippen molar-refractivity contribution >= 4 is 21.6 Å². The zero-order valence-corrected chi connectivity index (χ0v) is 19.9. The second kappa shape index (κ2) is 10.2. The Hall–Kier alpha value is -3.47. The van der Waals surface area contributed by atoms with E-state index in [0.29, 0.717) is 19.4 Å². The number of nitriles is 1. The maximum atomic E-state index is 13.6. The van der Waals surface area contributed by atoms with E-state index < -0.39 is 10.0 Å². The summed E-state index contributed by atoms with van der Waals surface area (Å²) in [7, 11) is -3.79. The number of piperidine rings is 1. The summed E-state index contributed by atoms with van der Waals surface area (Å²) < 4.78 is 27.7. The topological polar surface area (TPSA) is 81.5 Å². The molecule has 0 spiro atoms. The molecule has 1 amide bonds. The summed E-state index contributed by atoms with van der Waals surface area (Å²) in [6.45, 7) is 2.95. The highest BCUT2D eigenvalue weighted by Crippen LogP contribution is 2.29. The van der Waals surface area contributed by atoms with Crippen LogP contribution in [0.25, 0.3) is 0 Å². The summed E-state index contributed by atoms with van der Waals surface area (Å²) >= 11 is 0. The Morgan fingerprint density at radius 3 is 2.24 bits per heavy atom. The highest BCUT2D eigenvalue weighted by Gasteiger charge is 2.35. The van der Waals surface area contributed by atoms with Crippen molar-refractivity contribution in [3.8, 4) is 6.07 Å². The molecule has 0 atom stereocenters. The smallest absolute Gasteiger partial charge is 0.244 e. The van der Waals surface area contributed by atoms with E-state index in [2.05, 4.69) is 0 Å². The van der Waals surface area contributed by atoms with Gasteiger partial charge in [0.1, 0.15) is 6.07 Å². The van der Waals surface area contributed by atoms with Crippen LogP contribution in [0.1, 0.15) is 29.5 Å². The van der Waals surface area contributed by atoms with E-state index in [1.165, 1.54) is 16.4 Å². The van der Waals surface area contributed by atoms with Crippen LogP contribution < -0.4 is 4.90 Å². The van der Waals surface area contributed by atoms with Gasteiger partial charge in [-0.15, -0.1) is 0 Å². The minimum absolute atomic E-state index is 0.00202. The van der Waals surface area contributed by atoms with E-state index in [0.717, 1.165) is 16.8 Å². The summed E-state index contributed by atoms with van der Waals surface area (Å²) in [4.78, 5) is 15.5. The fourth-order valence-electron chi connectivity index (χ4n) is 4.27. The first-order valence-electron chi connectivity index (χ1n) is 11.3. The van der Waals surface area contributed by atoms with E-state index in [9.17, 15) is 18.5 Å². The zero-order chi connectivity index (χ0) is 24.1. The van der Waals surface area contributed by atoms with Gasteiger partial charge >= 0.3 is 0 Å². The van der Waals surface area contributed by atoms with E-state index in [4.69, 9.17) is 0 Å². The highest BCUT2D eigenvalue weighted by molar-refractivity contribution is 7.89. The quantitative estimate of drug-likeness (QED) is 0.528. The first-order valence-corrected chi connectivity index (χ1v) is 12.8. The Bertz CT molecular complexity index is 1290. The fraction of sp³-hybridized carbons (Fsp3) is 0.259. The fourth-order valence-corrected chi connectivity index (χ4v) is 5.89. The van der Waals surface area contributed by atoms with Crippen LogP contribution in [0.2, 0.25) is 0 Å². The predicted molar refractivity (Wildman–Crippen MR) is 131 cm³/mol. The summed E-state index contributed by atoms with van der Waals surface area (Å²) in [6, 6.07) is 25.9. The summed E-state index contributed by atoms with van der Waals surface area (Å²) in [6.07, 6.45) is 0.869. The van der Waals surface area contributed by atoms with Crippen LogP contribution >= 0.6 is 0 Å². The molecule has 0 N–H and O–H groups in total. The molecule has 1 aliphatic heterocycles. The minimum Gasteiger partial charge on any atom is -0.308 e. The number of sulfonamides is 1. The third-order valence-electron chi connectivity index (χ3n) is 6.22. The molecule has 0 saturated carbocycles. The van der Waals surface area contributed by atoms with Gasteiger partial charge in [0, 0.05) is 24.7 Å². The van der Waals surface area contributed by atoms with Crippen LogP contribution in [-0.2, 0) is 21.4 Å². The van der Waals surface area contributed by atoms with Gasteiger partial charge in [-0.25, -0.2) is 8.42 Å². The molecule has 1 aliphatic rings. The van der Waals surface area contributed by atoms with Gasteiger partial charge in [0.15, 0.2) is 0 Å². The lowest BCUT2D eigenvalue weighted by molar-refractivity contribution is -0.123. The number of carbonyl (C=O) groups is 1. The average Bonchev–Trinajstić information content (AvgIpc) is 2.88. The lowest BCUT2D eigenvalue weighted by atomic mass is 9.96. The van der Waals surface area contributed by atoms with Gasteiger partial charge in [-0.3, -0.25) is 4.79 Å². The second-order valence-corrected chi connectivity index (χ2v) is 10.4. The Morgan fingerprint density at radius 1 is 0.971 bits per heavy atom. The van der Waals surface area contributed by atoms with Crippen molar-refractivity contribution in [2.24, 2.45) is 5.92 Å². The molecule has 1 heterocycles. The SMILES string of the molecule is Cc1ccc(N(Cc2ccccc2)C(=O)C2CCN(S(=O)(=O)c3ccccc3C#N)CC2)cc1. The summed E-state index contributed by atoms with van der Waals surface area (Å²) in [5.41, 5.74) is 3.11. The van der Waals surface area contributed by atoms with E-state index in [1.807, 2.05) is 67.6 Å². The van der Waals surface area contributed by atoms with Crippen molar-refractivity contribution in [1.82, 2.24) is 4.31 Å². The number of hydrogen-bond acceptors (Lipinski definition) is 4. The van der Waals surface area contributed by atoms with E-state index >= 15 is 0 Å². The van der Waals surface area contributed by atoms with Crippen molar-refractivity contribution in [2.45, 2.75) is 31.2 Å². The van der Waals surface area contributed by atoms with Crippen molar-refractivity contribution in [2.75, 3.05) is 18.0 Å². The molecular weight excluding hydrogens is 446 g/mol. The van der Waals surface area contributed by atoms with Gasteiger partial charge in [-0.1, -0.05) is 60.2 Å². The van der Waals surface area contributed by atoms with Crippen molar-refractivity contribution in [3.63, 3.8) is 0 Å². The number of nitrogens with zero attached hydrogens (tertiary/aromatic N) is 3. The van der Waals surface area contributed by atoms with Crippen LogP contribution in [0, 0.1) is 24.2 Å². The van der Waals surface area contributed by atoms with Crippen LogP contribution in [0.4, 0.5) is 5.69 Å². The molecular formula is C27H27N3O3S. The number of amides is 1. The molecule has 1 fully saturated rings. The zero-order valence-electron chi connectivity index (χ0n) is 19.1. The molecule has 0 aromatic heterocycles. The summed E-state index contributed by atoms with van der Waals surface area (Å²) in [5.74, 6) is -0.273. The maximum Gasteiger partial charge on any atom is 0.244 e. The van der Waals surface area contributed by atoms with Crippen molar-refractivity contribution in [1.29, 1.82) is 5.26 Å². The van der Waals surface area contributed by atoms with Gasteiger partial charge in [0.2, 0.25) is 15.9 Å². The molecule has 1 saturated heterocycles. The molecule has 0 unspecified atom stereocenters. The van der Waals surface area contributed by atoms with Crippen LogP contribution in [0.5, 0.6) is 0 Å². The van der Waals surface area contributed by atoms with Gasteiger partial charge in [0.05, 0.1) is 17.0 Å². The summed E-state index contributed by atoms with van der Waals surface area (Å²) in [5, 5.41) is 9.32.